The molecule has 0 aliphatic heterocycles. The van der Waals surface area contributed by atoms with Crippen LogP contribution in [0.15, 0.2) is 53.4 Å². The van der Waals surface area contributed by atoms with E-state index in [0.29, 0.717) is 0 Å². The molecule has 0 aliphatic carbocycles. The minimum atomic E-state index is 0.265. The highest BCUT2D eigenvalue weighted by atomic mass is 32.2. The molecule has 0 aromatic heterocycles. The molecule has 1 nitrogen and oxygen atoms in total. The summed E-state index contributed by atoms with van der Waals surface area (Å²) < 4.78 is 0. The third-order valence-electron chi connectivity index (χ3n) is 3.15. The second-order valence-electron chi connectivity index (χ2n) is 4.41. The summed E-state index contributed by atoms with van der Waals surface area (Å²) >= 11 is 1.77. The van der Waals surface area contributed by atoms with Gasteiger partial charge in [-0.3, -0.25) is 0 Å². The van der Waals surface area contributed by atoms with Crippen LogP contribution >= 0.6 is 11.8 Å². The summed E-state index contributed by atoms with van der Waals surface area (Å²) in [6.45, 7) is 2.12. The van der Waals surface area contributed by atoms with Crippen molar-refractivity contribution in [3.05, 3.63) is 65.2 Å². The van der Waals surface area contributed by atoms with E-state index in [9.17, 15) is 0 Å². The molecule has 2 rings (SSSR count). The van der Waals surface area contributed by atoms with Crippen LogP contribution in [0, 0.1) is 6.92 Å². The van der Waals surface area contributed by atoms with E-state index >= 15 is 0 Å². The Labute approximate surface area is 114 Å². The molecular weight excluding hydrogens is 238 g/mol. The first kappa shape index (κ1) is 13.2. The maximum atomic E-state index is 3.38. The van der Waals surface area contributed by atoms with Gasteiger partial charge < -0.3 is 5.32 Å². The van der Waals surface area contributed by atoms with Gasteiger partial charge >= 0.3 is 0 Å². The van der Waals surface area contributed by atoms with Crippen LogP contribution < -0.4 is 5.32 Å². The van der Waals surface area contributed by atoms with Crippen molar-refractivity contribution in [3.63, 3.8) is 0 Å². The van der Waals surface area contributed by atoms with Crippen LogP contribution in [0.4, 0.5) is 0 Å². The average Bonchev–Trinajstić information content (AvgIpc) is 2.42. The van der Waals surface area contributed by atoms with Gasteiger partial charge in [0.25, 0.3) is 0 Å². The number of hydrogen-bond donors (Lipinski definition) is 1. The third kappa shape index (κ3) is 2.95. The largest absolute Gasteiger partial charge is 0.309 e. The summed E-state index contributed by atoms with van der Waals surface area (Å²) in [5, 5.41) is 3.38. The molecule has 2 aromatic rings. The van der Waals surface area contributed by atoms with E-state index in [4.69, 9.17) is 0 Å². The lowest BCUT2D eigenvalue weighted by Crippen LogP contribution is -2.17. The Morgan fingerprint density at radius 1 is 0.889 bits per heavy atom. The van der Waals surface area contributed by atoms with Crippen LogP contribution in [0.5, 0.6) is 0 Å². The second-order valence-corrected chi connectivity index (χ2v) is 5.29. The van der Waals surface area contributed by atoms with Crippen molar-refractivity contribution in [2.75, 3.05) is 13.3 Å². The van der Waals surface area contributed by atoms with Gasteiger partial charge in [0.1, 0.15) is 0 Å². The fourth-order valence-electron chi connectivity index (χ4n) is 2.08. The molecule has 1 N–H and O–H groups in total. The normalized spacial score (nSPS) is 12.4. The van der Waals surface area contributed by atoms with Crippen molar-refractivity contribution in [2.45, 2.75) is 17.9 Å². The Bertz CT molecular complexity index is 488. The Morgan fingerprint density at radius 3 is 1.83 bits per heavy atom. The predicted molar refractivity (Wildman–Crippen MR) is 80.3 cm³/mol. The van der Waals surface area contributed by atoms with Crippen LogP contribution in [0.25, 0.3) is 0 Å². The van der Waals surface area contributed by atoms with Gasteiger partial charge in [0.2, 0.25) is 0 Å². The van der Waals surface area contributed by atoms with Crippen LogP contribution in [0.1, 0.15) is 22.7 Å². The second kappa shape index (κ2) is 6.07. The van der Waals surface area contributed by atoms with Gasteiger partial charge in [0.15, 0.2) is 0 Å². The predicted octanol–water partition coefficient (Wildman–Crippen LogP) is 4.03. The minimum absolute atomic E-state index is 0.265. The molecule has 0 spiro atoms. The quantitative estimate of drug-likeness (QED) is 0.830. The third-order valence-corrected chi connectivity index (χ3v) is 3.89. The summed E-state index contributed by atoms with van der Waals surface area (Å²) in [7, 11) is 2.01. The monoisotopic (exact) mass is 257 g/mol. The molecule has 94 valence electrons. The molecule has 0 aliphatic rings. The Morgan fingerprint density at radius 2 is 1.39 bits per heavy atom. The van der Waals surface area contributed by atoms with E-state index in [2.05, 4.69) is 67.0 Å². The minimum Gasteiger partial charge on any atom is -0.309 e. The Hall–Kier alpha value is -1.25. The molecule has 0 heterocycles. The molecule has 0 bridgehead atoms. The maximum Gasteiger partial charge on any atom is 0.0574 e. The van der Waals surface area contributed by atoms with E-state index in [0.717, 1.165) is 0 Å². The molecule has 1 atom stereocenters. The Kier molecular flexibility index (Phi) is 4.45. The summed E-state index contributed by atoms with van der Waals surface area (Å²) in [6, 6.07) is 17.7. The number of thioether (sulfide) groups is 1. The number of rotatable bonds is 4. The number of hydrogen-bond acceptors (Lipinski definition) is 2. The first-order valence-electron chi connectivity index (χ1n) is 6.12. The standard InChI is InChI=1S/C16H19NS/c1-12-4-6-13(7-5-12)16(17-2)14-8-10-15(18-3)11-9-14/h4-11,16-17H,1-3H3. The molecule has 2 heteroatoms. The zero-order valence-electron chi connectivity index (χ0n) is 11.1. The summed E-state index contributed by atoms with van der Waals surface area (Å²) in [6.07, 6.45) is 2.10. The van der Waals surface area contributed by atoms with Gasteiger partial charge in [-0.05, 0) is 43.5 Å². The molecule has 18 heavy (non-hydrogen) atoms. The number of nitrogens with one attached hydrogen (secondary N) is 1. The van der Waals surface area contributed by atoms with Crippen molar-refractivity contribution in [2.24, 2.45) is 0 Å². The van der Waals surface area contributed by atoms with Gasteiger partial charge in [-0.15, -0.1) is 11.8 Å². The fraction of sp³-hybridized carbons (Fsp3) is 0.250. The highest BCUT2D eigenvalue weighted by molar-refractivity contribution is 7.98. The van der Waals surface area contributed by atoms with E-state index in [1.54, 1.807) is 11.8 Å². The molecular formula is C16H19NS. The zero-order chi connectivity index (χ0) is 13.0. The summed E-state index contributed by atoms with van der Waals surface area (Å²) in [5.74, 6) is 0. The fourth-order valence-corrected chi connectivity index (χ4v) is 2.49. The van der Waals surface area contributed by atoms with Gasteiger partial charge in [0, 0.05) is 4.90 Å². The van der Waals surface area contributed by atoms with E-state index < -0.39 is 0 Å². The smallest absolute Gasteiger partial charge is 0.0574 e. The highest BCUT2D eigenvalue weighted by Crippen LogP contribution is 2.24. The van der Waals surface area contributed by atoms with Gasteiger partial charge in [-0.2, -0.15) is 0 Å². The SMILES string of the molecule is CNC(c1ccc(C)cc1)c1ccc(SC)cc1. The first-order chi connectivity index (χ1) is 8.74. The van der Waals surface area contributed by atoms with Gasteiger partial charge in [-0.25, -0.2) is 0 Å². The molecule has 1 unspecified atom stereocenters. The zero-order valence-corrected chi connectivity index (χ0v) is 11.9. The molecule has 0 saturated heterocycles. The van der Waals surface area contributed by atoms with Crippen LogP contribution in [-0.4, -0.2) is 13.3 Å². The van der Waals surface area contributed by atoms with Crippen molar-refractivity contribution in [1.29, 1.82) is 0 Å². The average molecular weight is 257 g/mol. The topological polar surface area (TPSA) is 12.0 Å². The molecule has 0 amide bonds. The van der Waals surface area contributed by atoms with Crippen LogP contribution in [0.3, 0.4) is 0 Å². The molecule has 0 saturated carbocycles. The van der Waals surface area contributed by atoms with Crippen LogP contribution in [0.2, 0.25) is 0 Å². The van der Waals surface area contributed by atoms with E-state index in [1.165, 1.54) is 21.6 Å². The number of benzene rings is 2. The number of aryl methyl sites for hydroxylation is 1. The van der Waals surface area contributed by atoms with Crippen molar-refractivity contribution < 1.29 is 0 Å². The maximum absolute atomic E-state index is 3.38. The summed E-state index contributed by atoms with van der Waals surface area (Å²) in [4.78, 5) is 1.30. The lowest BCUT2D eigenvalue weighted by atomic mass is 9.98. The Balaban J connectivity index is 2.29. The van der Waals surface area contributed by atoms with E-state index in [-0.39, 0.29) is 6.04 Å². The van der Waals surface area contributed by atoms with Gasteiger partial charge in [-0.1, -0.05) is 42.0 Å². The first-order valence-corrected chi connectivity index (χ1v) is 7.35. The van der Waals surface area contributed by atoms with Crippen molar-refractivity contribution >= 4 is 11.8 Å². The van der Waals surface area contributed by atoms with Crippen LogP contribution in [-0.2, 0) is 0 Å². The van der Waals surface area contributed by atoms with Crippen molar-refractivity contribution in [3.8, 4) is 0 Å². The van der Waals surface area contributed by atoms with Crippen molar-refractivity contribution in [1.82, 2.24) is 5.32 Å². The molecule has 2 aromatic carbocycles. The molecule has 0 radical (unpaired) electrons. The lowest BCUT2D eigenvalue weighted by Gasteiger charge is -2.17. The van der Waals surface area contributed by atoms with E-state index in [1.807, 2.05) is 7.05 Å². The summed E-state index contributed by atoms with van der Waals surface area (Å²) in [5.41, 5.74) is 3.91. The lowest BCUT2D eigenvalue weighted by molar-refractivity contribution is 0.691. The molecule has 0 fully saturated rings. The highest BCUT2D eigenvalue weighted by Gasteiger charge is 2.11. The van der Waals surface area contributed by atoms with Gasteiger partial charge in [0.05, 0.1) is 6.04 Å².